The minimum atomic E-state index is -1.01. The highest BCUT2D eigenvalue weighted by atomic mass is 16.6. The van der Waals surface area contributed by atoms with E-state index in [1.807, 2.05) is 13.8 Å². The van der Waals surface area contributed by atoms with Gasteiger partial charge in [0.15, 0.2) is 0 Å². The molecule has 1 rings (SSSR count). The first-order chi connectivity index (χ1) is 8.88. The maximum absolute atomic E-state index is 11.9. The van der Waals surface area contributed by atoms with Crippen LogP contribution in [0, 0.1) is 5.92 Å². The lowest BCUT2D eigenvalue weighted by Crippen LogP contribution is -2.48. The van der Waals surface area contributed by atoms with Crippen LogP contribution in [0.3, 0.4) is 0 Å². The Morgan fingerprint density at radius 1 is 1.32 bits per heavy atom. The van der Waals surface area contributed by atoms with E-state index in [1.54, 1.807) is 6.92 Å². The van der Waals surface area contributed by atoms with Crippen molar-refractivity contribution < 1.29 is 19.4 Å². The van der Waals surface area contributed by atoms with E-state index in [2.05, 4.69) is 5.32 Å². The molecule has 1 amide bonds. The number of carbonyl (C=O) groups excluding carboxylic acids is 1. The number of hydrogen-bond donors (Lipinski definition) is 2. The lowest BCUT2D eigenvalue weighted by molar-refractivity contribution is -0.140. The average molecular weight is 271 g/mol. The normalized spacial score (nSPS) is 21.2. The van der Waals surface area contributed by atoms with E-state index in [-0.39, 0.29) is 5.92 Å². The lowest BCUT2D eigenvalue weighted by atomic mass is 9.86. The zero-order chi connectivity index (χ0) is 14.5. The molecule has 0 aromatic rings. The number of carboxylic acids is 1. The fraction of sp³-hybridized carbons (Fsp3) is 0.857. The van der Waals surface area contributed by atoms with E-state index in [0.29, 0.717) is 6.42 Å². The molecule has 19 heavy (non-hydrogen) atoms. The standard InChI is InChI=1S/C14H25NO4/c1-4-10(2)11(12(16)17)15-13(18)19-14(3)8-6-5-7-9-14/h10-11H,4-9H2,1-3H3,(H,15,18)(H,16,17)/t10-,11-/m0/s1. The number of carbonyl (C=O) groups is 2. The Morgan fingerprint density at radius 2 is 1.89 bits per heavy atom. The summed E-state index contributed by atoms with van der Waals surface area (Å²) in [5, 5.41) is 11.6. The SMILES string of the molecule is CC[C@H](C)[C@H](NC(=O)OC1(C)CCCCC1)C(=O)O. The predicted molar refractivity (Wildman–Crippen MR) is 72.0 cm³/mol. The molecule has 0 bridgehead atoms. The molecule has 1 saturated carbocycles. The predicted octanol–water partition coefficient (Wildman–Crippen LogP) is 2.93. The molecular weight excluding hydrogens is 246 g/mol. The summed E-state index contributed by atoms with van der Waals surface area (Å²) < 4.78 is 5.44. The summed E-state index contributed by atoms with van der Waals surface area (Å²) in [5.74, 6) is -1.13. The van der Waals surface area contributed by atoms with Gasteiger partial charge in [-0.05, 0) is 38.5 Å². The second kappa shape index (κ2) is 6.78. The summed E-state index contributed by atoms with van der Waals surface area (Å²) in [4.78, 5) is 23.0. The lowest BCUT2D eigenvalue weighted by Gasteiger charge is -2.33. The number of carboxylic acid groups (broad SMARTS) is 1. The van der Waals surface area contributed by atoms with E-state index in [1.165, 1.54) is 6.42 Å². The van der Waals surface area contributed by atoms with Gasteiger partial charge in [0, 0.05) is 0 Å². The summed E-state index contributed by atoms with van der Waals surface area (Å²) in [6.45, 7) is 5.63. The molecule has 2 atom stereocenters. The fourth-order valence-electron chi connectivity index (χ4n) is 2.47. The van der Waals surface area contributed by atoms with Crippen LogP contribution >= 0.6 is 0 Å². The molecule has 1 aliphatic rings. The molecule has 0 radical (unpaired) electrons. The van der Waals surface area contributed by atoms with Crippen LogP contribution in [0.4, 0.5) is 4.79 Å². The van der Waals surface area contributed by atoms with Gasteiger partial charge in [0.25, 0.3) is 0 Å². The molecule has 1 fully saturated rings. The maximum atomic E-state index is 11.9. The van der Waals surface area contributed by atoms with Crippen molar-refractivity contribution in [2.45, 2.75) is 70.9 Å². The molecule has 2 N–H and O–H groups in total. The van der Waals surface area contributed by atoms with E-state index < -0.39 is 23.7 Å². The largest absolute Gasteiger partial charge is 0.480 e. The number of amides is 1. The van der Waals surface area contributed by atoms with E-state index in [4.69, 9.17) is 9.84 Å². The number of nitrogens with one attached hydrogen (secondary N) is 1. The van der Waals surface area contributed by atoms with Gasteiger partial charge in [-0.3, -0.25) is 0 Å². The molecule has 0 heterocycles. The van der Waals surface area contributed by atoms with Crippen molar-refractivity contribution in [1.29, 1.82) is 0 Å². The molecule has 0 aromatic carbocycles. The Labute approximate surface area is 114 Å². The van der Waals surface area contributed by atoms with Gasteiger partial charge in [-0.2, -0.15) is 0 Å². The van der Waals surface area contributed by atoms with Crippen molar-refractivity contribution in [2.24, 2.45) is 5.92 Å². The molecule has 5 nitrogen and oxygen atoms in total. The van der Waals surface area contributed by atoms with E-state index >= 15 is 0 Å². The van der Waals surface area contributed by atoms with Crippen LogP contribution in [0.15, 0.2) is 0 Å². The van der Waals surface area contributed by atoms with Crippen molar-refractivity contribution >= 4 is 12.1 Å². The first-order valence-corrected chi connectivity index (χ1v) is 7.10. The summed E-state index contributed by atoms with van der Waals surface area (Å²) in [5.41, 5.74) is -0.444. The minimum Gasteiger partial charge on any atom is -0.480 e. The van der Waals surface area contributed by atoms with Crippen molar-refractivity contribution in [1.82, 2.24) is 5.32 Å². The highest BCUT2D eigenvalue weighted by molar-refractivity contribution is 5.80. The van der Waals surface area contributed by atoms with Gasteiger partial charge in [-0.1, -0.05) is 26.7 Å². The number of aliphatic carboxylic acids is 1. The van der Waals surface area contributed by atoms with Crippen LogP contribution < -0.4 is 5.32 Å². The number of ether oxygens (including phenoxy) is 1. The van der Waals surface area contributed by atoms with Gasteiger partial charge in [0.2, 0.25) is 0 Å². The van der Waals surface area contributed by atoms with Gasteiger partial charge in [0.05, 0.1) is 0 Å². The fourth-order valence-corrected chi connectivity index (χ4v) is 2.47. The molecule has 0 aromatic heterocycles. The zero-order valence-electron chi connectivity index (χ0n) is 12.1. The summed E-state index contributed by atoms with van der Waals surface area (Å²) in [6, 6.07) is -0.885. The number of rotatable bonds is 5. The highest BCUT2D eigenvalue weighted by Crippen LogP contribution is 2.31. The maximum Gasteiger partial charge on any atom is 0.408 e. The summed E-state index contributed by atoms with van der Waals surface area (Å²) >= 11 is 0. The molecule has 5 heteroatoms. The van der Waals surface area contributed by atoms with Crippen LogP contribution in [-0.4, -0.2) is 28.8 Å². The van der Waals surface area contributed by atoms with Crippen molar-refractivity contribution in [3.63, 3.8) is 0 Å². The first kappa shape index (κ1) is 15.8. The average Bonchev–Trinajstić information content (AvgIpc) is 2.35. The van der Waals surface area contributed by atoms with Gasteiger partial charge < -0.3 is 15.2 Å². The number of alkyl carbamates (subject to hydrolysis) is 1. The Kier molecular flexibility index (Phi) is 5.63. The van der Waals surface area contributed by atoms with Gasteiger partial charge in [-0.25, -0.2) is 9.59 Å². The Balaban J connectivity index is 2.55. The van der Waals surface area contributed by atoms with Crippen LogP contribution in [-0.2, 0) is 9.53 Å². The van der Waals surface area contributed by atoms with Gasteiger partial charge in [-0.15, -0.1) is 0 Å². The molecule has 0 spiro atoms. The molecule has 0 saturated heterocycles. The Bertz CT molecular complexity index is 323. The van der Waals surface area contributed by atoms with E-state index in [0.717, 1.165) is 25.7 Å². The van der Waals surface area contributed by atoms with Crippen LogP contribution in [0.25, 0.3) is 0 Å². The van der Waals surface area contributed by atoms with E-state index in [9.17, 15) is 9.59 Å². The van der Waals surface area contributed by atoms with Gasteiger partial charge in [0.1, 0.15) is 11.6 Å². The second-order valence-electron chi connectivity index (χ2n) is 5.75. The number of hydrogen-bond acceptors (Lipinski definition) is 3. The smallest absolute Gasteiger partial charge is 0.408 e. The molecule has 0 aliphatic heterocycles. The van der Waals surface area contributed by atoms with Gasteiger partial charge >= 0.3 is 12.1 Å². The van der Waals surface area contributed by atoms with Crippen LogP contribution in [0.2, 0.25) is 0 Å². The third-order valence-corrected chi connectivity index (χ3v) is 4.00. The van der Waals surface area contributed by atoms with Crippen molar-refractivity contribution in [2.75, 3.05) is 0 Å². The third kappa shape index (κ3) is 4.73. The highest BCUT2D eigenvalue weighted by Gasteiger charge is 2.33. The zero-order valence-corrected chi connectivity index (χ0v) is 12.1. The molecular formula is C14H25NO4. The minimum absolute atomic E-state index is 0.121. The van der Waals surface area contributed by atoms with Crippen LogP contribution in [0.5, 0.6) is 0 Å². The molecule has 0 unspecified atom stereocenters. The quantitative estimate of drug-likeness (QED) is 0.806. The Morgan fingerprint density at radius 3 is 2.37 bits per heavy atom. The molecule has 1 aliphatic carbocycles. The monoisotopic (exact) mass is 271 g/mol. The Hall–Kier alpha value is -1.26. The van der Waals surface area contributed by atoms with Crippen LogP contribution in [0.1, 0.15) is 59.3 Å². The first-order valence-electron chi connectivity index (χ1n) is 7.10. The van der Waals surface area contributed by atoms with Crippen molar-refractivity contribution in [3.8, 4) is 0 Å². The third-order valence-electron chi connectivity index (χ3n) is 4.00. The topological polar surface area (TPSA) is 75.6 Å². The summed E-state index contributed by atoms with van der Waals surface area (Å²) in [7, 11) is 0. The van der Waals surface area contributed by atoms with Crippen molar-refractivity contribution in [3.05, 3.63) is 0 Å². The molecule has 110 valence electrons. The second-order valence-corrected chi connectivity index (χ2v) is 5.75. The summed E-state index contributed by atoms with van der Waals surface area (Å²) in [6.07, 6.45) is 5.05.